The fourth-order valence-electron chi connectivity index (χ4n) is 3.28. The Labute approximate surface area is 185 Å². The van der Waals surface area contributed by atoms with E-state index in [0.717, 1.165) is 17.9 Å². The first-order valence-corrected chi connectivity index (χ1v) is 10.3. The molecule has 32 heavy (non-hydrogen) atoms. The van der Waals surface area contributed by atoms with Crippen molar-refractivity contribution in [2.75, 3.05) is 10.6 Å². The van der Waals surface area contributed by atoms with Gasteiger partial charge in [-0.2, -0.15) is 0 Å². The molecule has 2 heterocycles. The summed E-state index contributed by atoms with van der Waals surface area (Å²) in [5, 5.41) is 5.74. The van der Waals surface area contributed by atoms with Crippen molar-refractivity contribution in [1.29, 1.82) is 0 Å². The van der Waals surface area contributed by atoms with E-state index in [1.54, 1.807) is 43.0 Å². The predicted molar refractivity (Wildman–Crippen MR) is 122 cm³/mol. The highest BCUT2D eigenvalue weighted by molar-refractivity contribution is 6.05. The molecule has 0 unspecified atom stereocenters. The van der Waals surface area contributed by atoms with Gasteiger partial charge in [-0.25, -0.2) is 9.97 Å². The number of nitrogens with one attached hydrogen (secondary N) is 2. The average molecular weight is 428 g/mol. The molecule has 4 rings (SSSR count). The lowest BCUT2D eigenvalue weighted by Gasteiger charge is -2.10. The second-order valence-corrected chi connectivity index (χ2v) is 7.43. The van der Waals surface area contributed by atoms with Gasteiger partial charge in [0.2, 0.25) is 5.91 Å². The monoisotopic (exact) mass is 428 g/mol. The maximum absolute atomic E-state index is 12.7. The van der Waals surface area contributed by atoms with E-state index in [1.807, 2.05) is 48.1 Å². The van der Waals surface area contributed by atoms with Gasteiger partial charge in [0.05, 0.1) is 6.33 Å². The van der Waals surface area contributed by atoms with Gasteiger partial charge in [0.1, 0.15) is 5.82 Å². The number of carbonyl (C=O) groups is 2. The Hall–Kier alpha value is -4.20. The number of imidazole rings is 2. The fraction of sp³-hybridized carbons (Fsp3) is 0.167. The van der Waals surface area contributed by atoms with E-state index in [4.69, 9.17) is 0 Å². The first-order chi connectivity index (χ1) is 15.6. The number of aryl methyl sites for hydroxylation is 2. The molecular weight excluding hydrogens is 404 g/mol. The number of hydrogen-bond donors (Lipinski definition) is 2. The quantitative estimate of drug-likeness (QED) is 0.447. The zero-order chi connectivity index (χ0) is 22.3. The zero-order valence-corrected chi connectivity index (χ0v) is 17.7. The summed E-state index contributed by atoms with van der Waals surface area (Å²) in [4.78, 5) is 33.1. The van der Waals surface area contributed by atoms with Crippen LogP contribution in [0.3, 0.4) is 0 Å². The van der Waals surface area contributed by atoms with E-state index < -0.39 is 0 Å². The van der Waals surface area contributed by atoms with Crippen LogP contribution in [-0.2, 0) is 17.9 Å². The highest BCUT2D eigenvalue weighted by atomic mass is 16.2. The van der Waals surface area contributed by atoms with Crippen molar-refractivity contribution in [3.8, 4) is 0 Å². The normalized spacial score (nSPS) is 10.7. The molecule has 0 atom stereocenters. The lowest BCUT2D eigenvalue weighted by atomic mass is 10.1. The minimum Gasteiger partial charge on any atom is -0.337 e. The molecule has 0 radical (unpaired) electrons. The summed E-state index contributed by atoms with van der Waals surface area (Å²) in [7, 11) is 0. The van der Waals surface area contributed by atoms with Gasteiger partial charge in [0.25, 0.3) is 5.91 Å². The number of carbonyl (C=O) groups excluding carboxylic acids is 2. The Morgan fingerprint density at radius 1 is 0.969 bits per heavy atom. The van der Waals surface area contributed by atoms with E-state index >= 15 is 0 Å². The molecule has 2 N–H and O–H groups in total. The molecule has 0 aliphatic heterocycles. The lowest BCUT2D eigenvalue weighted by molar-refractivity contribution is -0.116. The average Bonchev–Trinajstić information content (AvgIpc) is 3.46. The molecule has 0 bridgehead atoms. The molecule has 2 aromatic heterocycles. The van der Waals surface area contributed by atoms with Gasteiger partial charge < -0.3 is 19.8 Å². The Morgan fingerprint density at radius 3 is 2.53 bits per heavy atom. The molecule has 0 spiro atoms. The maximum Gasteiger partial charge on any atom is 0.255 e. The van der Waals surface area contributed by atoms with Crippen LogP contribution in [0.5, 0.6) is 0 Å². The molecular formula is C24H24N6O2. The molecule has 0 aliphatic rings. The summed E-state index contributed by atoms with van der Waals surface area (Å²) in [6.07, 6.45) is 9.19. The van der Waals surface area contributed by atoms with Crippen molar-refractivity contribution in [3.05, 3.63) is 96.6 Å². The van der Waals surface area contributed by atoms with Crippen LogP contribution in [0.4, 0.5) is 11.4 Å². The van der Waals surface area contributed by atoms with Crippen LogP contribution in [0.1, 0.15) is 28.2 Å². The summed E-state index contributed by atoms with van der Waals surface area (Å²) < 4.78 is 3.90. The second-order valence-electron chi connectivity index (χ2n) is 7.43. The van der Waals surface area contributed by atoms with Crippen LogP contribution in [0.25, 0.3) is 0 Å². The first kappa shape index (κ1) is 21.0. The largest absolute Gasteiger partial charge is 0.337 e. The number of nitrogens with zero attached hydrogens (tertiary/aromatic N) is 4. The number of aromatic nitrogens is 4. The van der Waals surface area contributed by atoms with Gasteiger partial charge in [-0.3, -0.25) is 9.59 Å². The lowest BCUT2D eigenvalue weighted by Crippen LogP contribution is -2.15. The summed E-state index contributed by atoms with van der Waals surface area (Å²) in [6, 6.07) is 14.6. The van der Waals surface area contributed by atoms with Crippen molar-refractivity contribution >= 4 is 23.2 Å². The molecule has 4 aromatic rings. The molecule has 2 aromatic carbocycles. The Morgan fingerprint density at radius 2 is 1.81 bits per heavy atom. The van der Waals surface area contributed by atoms with Crippen LogP contribution in [-0.4, -0.2) is 30.9 Å². The molecule has 0 saturated heterocycles. The van der Waals surface area contributed by atoms with Crippen LogP contribution in [0, 0.1) is 6.92 Å². The third-order valence-electron chi connectivity index (χ3n) is 5.05. The van der Waals surface area contributed by atoms with E-state index in [2.05, 4.69) is 25.2 Å². The van der Waals surface area contributed by atoms with Gasteiger partial charge in [0.15, 0.2) is 0 Å². The molecule has 0 aliphatic carbocycles. The fourth-order valence-corrected chi connectivity index (χ4v) is 3.28. The summed E-state index contributed by atoms with van der Waals surface area (Å²) >= 11 is 0. The van der Waals surface area contributed by atoms with E-state index in [9.17, 15) is 9.59 Å². The summed E-state index contributed by atoms with van der Waals surface area (Å²) in [5.74, 6) is 0.591. The Kier molecular flexibility index (Phi) is 6.41. The maximum atomic E-state index is 12.7. The molecule has 8 heteroatoms. The SMILES string of the molecule is Cc1nccn1Cc1ccc(NC(=O)c2cccc(NC(=O)CCn3ccnc3)c2)cc1. The molecule has 8 nitrogen and oxygen atoms in total. The third kappa shape index (κ3) is 5.48. The van der Waals surface area contributed by atoms with E-state index in [0.29, 0.717) is 29.9 Å². The summed E-state index contributed by atoms with van der Waals surface area (Å²) in [6.45, 7) is 3.23. The van der Waals surface area contributed by atoms with Crippen molar-refractivity contribution in [2.24, 2.45) is 0 Å². The predicted octanol–water partition coefficient (Wildman–Crippen LogP) is 3.72. The standard InChI is InChI=1S/C24H24N6O2/c1-18-26-11-14-30(18)16-19-5-7-21(8-6-19)28-24(32)20-3-2-4-22(15-20)27-23(31)9-12-29-13-10-25-17-29/h2-8,10-11,13-15,17H,9,12,16H2,1H3,(H,27,31)(H,28,32). The third-order valence-corrected chi connectivity index (χ3v) is 5.05. The van der Waals surface area contributed by atoms with E-state index in [1.165, 1.54) is 0 Å². The van der Waals surface area contributed by atoms with Gasteiger partial charge in [-0.15, -0.1) is 0 Å². The molecule has 0 saturated carbocycles. The van der Waals surface area contributed by atoms with Crippen molar-refractivity contribution in [2.45, 2.75) is 26.4 Å². The number of anilines is 2. The summed E-state index contributed by atoms with van der Waals surface area (Å²) in [5.41, 5.74) is 2.87. The molecule has 0 fully saturated rings. The van der Waals surface area contributed by atoms with Crippen molar-refractivity contribution < 1.29 is 9.59 Å². The number of benzene rings is 2. The number of hydrogen-bond acceptors (Lipinski definition) is 4. The van der Waals surface area contributed by atoms with Crippen molar-refractivity contribution in [1.82, 2.24) is 19.1 Å². The van der Waals surface area contributed by atoms with Crippen LogP contribution >= 0.6 is 0 Å². The topological polar surface area (TPSA) is 93.8 Å². The smallest absolute Gasteiger partial charge is 0.255 e. The van der Waals surface area contributed by atoms with Gasteiger partial charge in [0, 0.05) is 61.2 Å². The van der Waals surface area contributed by atoms with Gasteiger partial charge >= 0.3 is 0 Å². The van der Waals surface area contributed by atoms with Crippen LogP contribution in [0.2, 0.25) is 0 Å². The van der Waals surface area contributed by atoms with E-state index in [-0.39, 0.29) is 11.8 Å². The Balaban J connectivity index is 1.33. The minimum absolute atomic E-state index is 0.125. The zero-order valence-electron chi connectivity index (χ0n) is 17.7. The molecule has 2 amide bonds. The van der Waals surface area contributed by atoms with Gasteiger partial charge in [-0.1, -0.05) is 18.2 Å². The minimum atomic E-state index is -0.238. The van der Waals surface area contributed by atoms with Crippen molar-refractivity contribution in [3.63, 3.8) is 0 Å². The highest BCUT2D eigenvalue weighted by Gasteiger charge is 2.09. The number of rotatable bonds is 8. The second kappa shape index (κ2) is 9.74. The molecule has 162 valence electrons. The van der Waals surface area contributed by atoms with Gasteiger partial charge in [-0.05, 0) is 42.8 Å². The first-order valence-electron chi connectivity index (χ1n) is 10.3. The van der Waals surface area contributed by atoms with Crippen LogP contribution < -0.4 is 10.6 Å². The number of amides is 2. The highest BCUT2D eigenvalue weighted by Crippen LogP contribution is 2.16. The van der Waals surface area contributed by atoms with Crippen LogP contribution in [0.15, 0.2) is 79.6 Å². The Bertz CT molecular complexity index is 1200.